The van der Waals surface area contributed by atoms with Crippen LogP contribution < -0.4 is 5.73 Å². The van der Waals surface area contributed by atoms with E-state index < -0.39 is 0 Å². The zero-order chi connectivity index (χ0) is 14.7. The largest absolute Gasteiger partial charge is 0.330 e. The molecule has 0 amide bonds. The summed E-state index contributed by atoms with van der Waals surface area (Å²) in [6.45, 7) is 2.30. The molecule has 1 aromatic heterocycles. The van der Waals surface area contributed by atoms with Crippen LogP contribution in [0.4, 0.5) is 0 Å². The summed E-state index contributed by atoms with van der Waals surface area (Å²) in [6, 6.07) is 10.8. The number of aromatic nitrogens is 2. The summed E-state index contributed by atoms with van der Waals surface area (Å²) in [5.41, 5.74) is 8.79. The molecule has 1 aliphatic rings. The van der Waals surface area contributed by atoms with Gasteiger partial charge in [0.05, 0.1) is 24.3 Å². The summed E-state index contributed by atoms with van der Waals surface area (Å²) in [5.74, 6) is 0.759. The molecule has 21 heavy (non-hydrogen) atoms. The lowest BCUT2D eigenvalue weighted by Crippen LogP contribution is -2.26. The second kappa shape index (κ2) is 6.44. The Morgan fingerprint density at radius 1 is 1.24 bits per heavy atom. The van der Waals surface area contributed by atoms with E-state index in [0.717, 1.165) is 17.2 Å². The molecule has 0 aliphatic heterocycles. The van der Waals surface area contributed by atoms with Crippen LogP contribution in [-0.4, -0.2) is 9.55 Å². The fourth-order valence-electron chi connectivity index (χ4n) is 3.69. The highest BCUT2D eigenvalue weighted by Crippen LogP contribution is 2.37. The van der Waals surface area contributed by atoms with Crippen molar-refractivity contribution in [2.75, 3.05) is 0 Å². The highest BCUT2D eigenvalue weighted by atomic mass is 15.1. The molecule has 3 nitrogen and oxygen atoms in total. The molecule has 1 aliphatic carbocycles. The zero-order valence-corrected chi connectivity index (χ0v) is 12.8. The van der Waals surface area contributed by atoms with Crippen molar-refractivity contribution in [3.63, 3.8) is 0 Å². The molecule has 1 aromatic carbocycles. The van der Waals surface area contributed by atoms with Crippen molar-refractivity contribution in [2.45, 2.75) is 51.1 Å². The van der Waals surface area contributed by atoms with Gasteiger partial charge in [-0.1, -0.05) is 56.5 Å². The van der Waals surface area contributed by atoms with Crippen LogP contribution in [0.5, 0.6) is 0 Å². The quantitative estimate of drug-likeness (QED) is 0.919. The molecule has 2 N–H and O–H groups in total. The van der Waals surface area contributed by atoms with Gasteiger partial charge in [-0.15, -0.1) is 0 Å². The Morgan fingerprint density at radius 2 is 2.00 bits per heavy atom. The van der Waals surface area contributed by atoms with E-state index in [1.807, 2.05) is 30.7 Å². The van der Waals surface area contributed by atoms with Gasteiger partial charge in [0.1, 0.15) is 0 Å². The molecular formula is C18H25N3. The number of nitrogens with zero attached hydrogens (tertiary/aromatic N) is 2. The van der Waals surface area contributed by atoms with Crippen molar-refractivity contribution in [1.82, 2.24) is 9.55 Å². The number of hydrogen-bond acceptors (Lipinski definition) is 2. The summed E-state index contributed by atoms with van der Waals surface area (Å²) in [5, 5.41) is 0. The summed E-state index contributed by atoms with van der Waals surface area (Å²) in [4.78, 5) is 4.40. The van der Waals surface area contributed by atoms with Gasteiger partial charge in [-0.05, 0) is 24.3 Å². The highest BCUT2D eigenvalue weighted by molar-refractivity contribution is 5.26. The normalized spacial score (nSPS) is 23.9. The first-order valence-corrected chi connectivity index (χ1v) is 8.13. The molecule has 1 saturated carbocycles. The Balaban J connectivity index is 1.90. The smallest absolute Gasteiger partial charge is 0.0951 e. The third kappa shape index (κ3) is 2.88. The van der Waals surface area contributed by atoms with Crippen molar-refractivity contribution in [2.24, 2.45) is 11.7 Å². The standard InChI is InChI=1S/C18H25N3/c1-2-14-8-6-7-11-16(14)21-13-20-12-17(21)18(19)15-9-4-3-5-10-15/h3-5,9-10,12-14,16,18H,2,6-8,11,19H2,1H3. The Hall–Kier alpha value is -1.61. The number of rotatable bonds is 4. The van der Waals surface area contributed by atoms with Crippen LogP contribution in [0.3, 0.4) is 0 Å². The van der Waals surface area contributed by atoms with Gasteiger partial charge in [-0.2, -0.15) is 0 Å². The summed E-state index contributed by atoms with van der Waals surface area (Å²) < 4.78 is 2.35. The maximum Gasteiger partial charge on any atom is 0.0951 e. The lowest BCUT2D eigenvalue weighted by Gasteiger charge is -2.33. The van der Waals surface area contributed by atoms with Crippen molar-refractivity contribution in [3.05, 3.63) is 54.1 Å². The molecule has 112 valence electrons. The first kappa shape index (κ1) is 14.3. The molecule has 3 atom stereocenters. The van der Waals surface area contributed by atoms with Gasteiger partial charge < -0.3 is 10.3 Å². The number of hydrogen-bond donors (Lipinski definition) is 1. The van der Waals surface area contributed by atoms with Crippen molar-refractivity contribution >= 4 is 0 Å². The van der Waals surface area contributed by atoms with Crippen LogP contribution in [0.1, 0.15) is 62.4 Å². The van der Waals surface area contributed by atoms with E-state index in [1.54, 1.807) is 0 Å². The first-order valence-electron chi connectivity index (χ1n) is 8.13. The van der Waals surface area contributed by atoms with Crippen LogP contribution in [0.15, 0.2) is 42.9 Å². The van der Waals surface area contributed by atoms with E-state index in [1.165, 1.54) is 32.1 Å². The van der Waals surface area contributed by atoms with E-state index in [-0.39, 0.29) is 6.04 Å². The summed E-state index contributed by atoms with van der Waals surface area (Å²) in [6.07, 6.45) is 10.4. The molecule has 3 unspecified atom stereocenters. The average Bonchev–Trinajstić information content (AvgIpc) is 3.04. The number of nitrogens with two attached hydrogens (primary N) is 1. The lowest BCUT2D eigenvalue weighted by molar-refractivity contribution is 0.228. The van der Waals surface area contributed by atoms with Gasteiger partial charge in [0.2, 0.25) is 0 Å². The van der Waals surface area contributed by atoms with Gasteiger partial charge in [0.15, 0.2) is 0 Å². The third-order valence-corrected chi connectivity index (χ3v) is 4.92. The van der Waals surface area contributed by atoms with Crippen LogP contribution in [-0.2, 0) is 0 Å². The molecule has 3 heteroatoms. The Bertz CT molecular complexity index is 561. The summed E-state index contributed by atoms with van der Waals surface area (Å²) >= 11 is 0. The van der Waals surface area contributed by atoms with Crippen LogP contribution >= 0.6 is 0 Å². The molecule has 0 saturated heterocycles. The molecule has 1 heterocycles. The van der Waals surface area contributed by atoms with Crippen molar-refractivity contribution < 1.29 is 0 Å². The molecule has 0 radical (unpaired) electrons. The van der Waals surface area contributed by atoms with E-state index in [4.69, 9.17) is 5.73 Å². The lowest BCUT2D eigenvalue weighted by atomic mass is 9.82. The first-order chi connectivity index (χ1) is 10.3. The van der Waals surface area contributed by atoms with E-state index >= 15 is 0 Å². The van der Waals surface area contributed by atoms with Gasteiger partial charge in [0, 0.05) is 6.04 Å². The molecule has 0 spiro atoms. The minimum atomic E-state index is -0.0897. The fourth-order valence-corrected chi connectivity index (χ4v) is 3.69. The predicted octanol–water partition coefficient (Wildman–Crippen LogP) is 4.07. The molecular weight excluding hydrogens is 258 g/mol. The van der Waals surface area contributed by atoms with E-state index in [2.05, 4.69) is 28.6 Å². The van der Waals surface area contributed by atoms with Gasteiger partial charge in [0.25, 0.3) is 0 Å². The molecule has 0 bridgehead atoms. The average molecular weight is 283 g/mol. The SMILES string of the molecule is CCC1CCCCC1n1cncc1C(N)c1ccccc1. The maximum atomic E-state index is 6.49. The minimum absolute atomic E-state index is 0.0897. The predicted molar refractivity (Wildman–Crippen MR) is 86.0 cm³/mol. The third-order valence-electron chi connectivity index (χ3n) is 4.92. The Morgan fingerprint density at radius 3 is 2.76 bits per heavy atom. The molecule has 2 aromatic rings. The summed E-state index contributed by atoms with van der Waals surface area (Å²) in [7, 11) is 0. The van der Waals surface area contributed by atoms with Crippen LogP contribution in [0.25, 0.3) is 0 Å². The Kier molecular flexibility index (Phi) is 4.39. The molecule has 3 rings (SSSR count). The second-order valence-corrected chi connectivity index (χ2v) is 6.13. The van der Waals surface area contributed by atoms with Crippen LogP contribution in [0.2, 0.25) is 0 Å². The zero-order valence-electron chi connectivity index (χ0n) is 12.8. The fraction of sp³-hybridized carbons (Fsp3) is 0.500. The van der Waals surface area contributed by atoms with Crippen molar-refractivity contribution in [3.8, 4) is 0 Å². The van der Waals surface area contributed by atoms with Gasteiger partial charge >= 0.3 is 0 Å². The van der Waals surface area contributed by atoms with E-state index in [9.17, 15) is 0 Å². The van der Waals surface area contributed by atoms with E-state index in [0.29, 0.717) is 6.04 Å². The highest BCUT2D eigenvalue weighted by Gasteiger charge is 2.27. The Labute approximate surface area is 127 Å². The number of imidazole rings is 1. The monoisotopic (exact) mass is 283 g/mol. The minimum Gasteiger partial charge on any atom is -0.330 e. The van der Waals surface area contributed by atoms with Crippen molar-refractivity contribution in [1.29, 1.82) is 0 Å². The van der Waals surface area contributed by atoms with Gasteiger partial charge in [-0.3, -0.25) is 0 Å². The maximum absolute atomic E-state index is 6.49. The molecule has 1 fully saturated rings. The van der Waals surface area contributed by atoms with Gasteiger partial charge in [-0.25, -0.2) is 4.98 Å². The second-order valence-electron chi connectivity index (χ2n) is 6.13. The topological polar surface area (TPSA) is 43.8 Å². The van der Waals surface area contributed by atoms with Crippen LogP contribution in [0, 0.1) is 5.92 Å². The number of benzene rings is 1.